The third kappa shape index (κ3) is 2.23. The zero-order chi connectivity index (χ0) is 10.7. The Morgan fingerprint density at radius 2 is 2.07 bits per heavy atom. The first kappa shape index (κ1) is 11.4. The fourth-order valence-corrected chi connectivity index (χ4v) is 1.56. The summed E-state index contributed by atoms with van der Waals surface area (Å²) in [5.41, 5.74) is 5.39. The van der Waals surface area contributed by atoms with Crippen LogP contribution in [0.25, 0.3) is 0 Å². The predicted octanol–water partition coefficient (Wildman–Crippen LogP) is 1.68. The van der Waals surface area contributed by atoms with Crippen LogP contribution in [0.5, 0.6) is 0 Å². The lowest BCUT2D eigenvalue weighted by Gasteiger charge is -2.11. The summed E-state index contributed by atoms with van der Waals surface area (Å²) in [7, 11) is 0. The Balaban J connectivity index is 3.14. The molecule has 0 aliphatic heterocycles. The van der Waals surface area contributed by atoms with Gasteiger partial charge in [-0.15, -0.1) is 11.8 Å². The van der Waals surface area contributed by atoms with E-state index in [0.717, 1.165) is 23.9 Å². The molecule has 3 N–H and O–H groups in total. The molecule has 0 aromatic heterocycles. The molecule has 1 atom stereocenters. The van der Waals surface area contributed by atoms with Crippen LogP contribution in [-0.4, -0.2) is 18.0 Å². The Morgan fingerprint density at radius 1 is 1.43 bits per heavy atom. The van der Waals surface area contributed by atoms with Crippen molar-refractivity contribution in [3.05, 3.63) is 29.3 Å². The smallest absolute Gasteiger partial charge is 0.137 e. The third-order valence-corrected chi connectivity index (χ3v) is 2.62. The topological polar surface area (TPSA) is 46.2 Å². The van der Waals surface area contributed by atoms with E-state index in [0.29, 0.717) is 0 Å². The Kier molecular flexibility index (Phi) is 3.86. The first-order valence-corrected chi connectivity index (χ1v) is 5.22. The molecule has 1 unspecified atom stereocenters. The van der Waals surface area contributed by atoms with Crippen LogP contribution in [0.3, 0.4) is 0 Å². The highest BCUT2D eigenvalue weighted by Crippen LogP contribution is 2.25. The van der Waals surface area contributed by atoms with Crippen molar-refractivity contribution in [3.63, 3.8) is 0 Å². The SMILES string of the molecule is CSc1cc(F)c(C(N)CO)cc1F. The van der Waals surface area contributed by atoms with E-state index in [-0.39, 0.29) is 10.5 Å². The lowest BCUT2D eigenvalue weighted by Crippen LogP contribution is -2.16. The van der Waals surface area contributed by atoms with Gasteiger partial charge in [-0.2, -0.15) is 0 Å². The van der Waals surface area contributed by atoms with Crippen LogP contribution in [-0.2, 0) is 0 Å². The monoisotopic (exact) mass is 219 g/mol. The Bertz CT molecular complexity index is 333. The predicted molar refractivity (Wildman–Crippen MR) is 52.2 cm³/mol. The van der Waals surface area contributed by atoms with Crippen LogP contribution < -0.4 is 5.73 Å². The average Bonchev–Trinajstić information content (AvgIpc) is 2.19. The molecule has 78 valence electrons. The highest BCUT2D eigenvalue weighted by atomic mass is 32.2. The molecular weight excluding hydrogens is 208 g/mol. The van der Waals surface area contributed by atoms with E-state index in [1.807, 2.05) is 0 Å². The van der Waals surface area contributed by atoms with E-state index in [1.165, 1.54) is 0 Å². The van der Waals surface area contributed by atoms with Gasteiger partial charge in [0.15, 0.2) is 0 Å². The van der Waals surface area contributed by atoms with Crippen molar-refractivity contribution in [3.8, 4) is 0 Å². The number of thioether (sulfide) groups is 1. The Labute approximate surface area is 85.1 Å². The summed E-state index contributed by atoms with van der Waals surface area (Å²) in [5, 5.41) is 8.71. The molecule has 2 nitrogen and oxygen atoms in total. The van der Waals surface area contributed by atoms with Crippen LogP contribution >= 0.6 is 11.8 Å². The number of halogens is 2. The zero-order valence-corrected chi connectivity index (χ0v) is 8.44. The maximum absolute atomic E-state index is 13.3. The van der Waals surface area contributed by atoms with Gasteiger partial charge in [0, 0.05) is 10.5 Å². The van der Waals surface area contributed by atoms with E-state index in [2.05, 4.69) is 0 Å². The van der Waals surface area contributed by atoms with Gasteiger partial charge in [-0.1, -0.05) is 0 Å². The standard InChI is InChI=1S/C9H11F2NOS/c1-14-9-3-6(10)5(2-7(9)11)8(12)4-13/h2-3,8,13H,4,12H2,1H3. The lowest BCUT2D eigenvalue weighted by atomic mass is 10.1. The zero-order valence-electron chi connectivity index (χ0n) is 7.63. The van der Waals surface area contributed by atoms with Crippen molar-refractivity contribution in [2.75, 3.05) is 12.9 Å². The van der Waals surface area contributed by atoms with Gasteiger partial charge in [-0.3, -0.25) is 0 Å². The van der Waals surface area contributed by atoms with Gasteiger partial charge in [0.05, 0.1) is 12.6 Å². The van der Waals surface area contributed by atoms with Crippen LogP contribution in [0.15, 0.2) is 17.0 Å². The summed E-state index contributed by atoms with van der Waals surface area (Å²) in [6.07, 6.45) is 1.66. The molecule has 0 bridgehead atoms. The van der Waals surface area contributed by atoms with E-state index < -0.39 is 24.3 Å². The molecule has 1 aromatic rings. The van der Waals surface area contributed by atoms with Gasteiger partial charge in [-0.05, 0) is 18.4 Å². The molecule has 0 saturated carbocycles. The minimum Gasteiger partial charge on any atom is -0.394 e. The molecule has 0 radical (unpaired) electrons. The highest BCUT2D eigenvalue weighted by molar-refractivity contribution is 7.98. The van der Waals surface area contributed by atoms with Crippen LogP contribution in [0.4, 0.5) is 8.78 Å². The molecular formula is C9H11F2NOS. The molecule has 0 aliphatic rings. The maximum atomic E-state index is 13.3. The summed E-state index contributed by atoms with van der Waals surface area (Å²) in [6.45, 7) is -0.408. The first-order chi connectivity index (χ1) is 6.60. The van der Waals surface area contributed by atoms with Gasteiger partial charge in [-0.25, -0.2) is 8.78 Å². The van der Waals surface area contributed by atoms with Crippen LogP contribution in [0.1, 0.15) is 11.6 Å². The molecule has 0 fully saturated rings. The number of rotatable bonds is 3. The van der Waals surface area contributed by atoms with Crippen molar-refractivity contribution in [2.45, 2.75) is 10.9 Å². The van der Waals surface area contributed by atoms with Crippen molar-refractivity contribution < 1.29 is 13.9 Å². The van der Waals surface area contributed by atoms with Gasteiger partial charge in [0.1, 0.15) is 11.6 Å². The number of hydrogen-bond donors (Lipinski definition) is 2. The van der Waals surface area contributed by atoms with E-state index in [1.54, 1.807) is 6.26 Å². The number of aliphatic hydroxyl groups excluding tert-OH is 1. The molecule has 14 heavy (non-hydrogen) atoms. The normalized spacial score (nSPS) is 12.9. The van der Waals surface area contributed by atoms with Gasteiger partial charge in [0.2, 0.25) is 0 Å². The summed E-state index contributed by atoms with van der Waals surface area (Å²) >= 11 is 1.12. The minimum absolute atomic E-state index is 0.00259. The molecule has 0 aliphatic carbocycles. The van der Waals surface area contributed by atoms with E-state index in [4.69, 9.17) is 10.8 Å². The van der Waals surface area contributed by atoms with Gasteiger partial charge in [0.25, 0.3) is 0 Å². The van der Waals surface area contributed by atoms with Crippen molar-refractivity contribution >= 4 is 11.8 Å². The largest absolute Gasteiger partial charge is 0.394 e. The van der Waals surface area contributed by atoms with Crippen molar-refractivity contribution in [1.29, 1.82) is 0 Å². The lowest BCUT2D eigenvalue weighted by molar-refractivity contribution is 0.265. The highest BCUT2D eigenvalue weighted by Gasteiger charge is 2.14. The minimum atomic E-state index is -0.875. The molecule has 0 saturated heterocycles. The molecule has 0 spiro atoms. The fourth-order valence-electron chi connectivity index (χ4n) is 1.08. The second kappa shape index (κ2) is 4.72. The molecule has 1 rings (SSSR count). The summed E-state index contributed by atoms with van der Waals surface area (Å²) in [6, 6.07) is 1.24. The fraction of sp³-hybridized carbons (Fsp3) is 0.333. The number of aliphatic hydroxyl groups is 1. The number of benzene rings is 1. The molecule has 5 heteroatoms. The molecule has 0 amide bonds. The van der Waals surface area contributed by atoms with Crippen molar-refractivity contribution in [1.82, 2.24) is 0 Å². The average molecular weight is 219 g/mol. The first-order valence-electron chi connectivity index (χ1n) is 3.99. The summed E-state index contributed by atoms with van der Waals surface area (Å²) in [5.74, 6) is -1.10. The van der Waals surface area contributed by atoms with Crippen molar-refractivity contribution in [2.24, 2.45) is 5.73 Å². The molecule has 0 heterocycles. The Morgan fingerprint density at radius 3 is 2.57 bits per heavy atom. The number of hydrogen-bond acceptors (Lipinski definition) is 3. The summed E-state index contributed by atoms with van der Waals surface area (Å²) < 4.78 is 26.5. The van der Waals surface area contributed by atoms with E-state index >= 15 is 0 Å². The maximum Gasteiger partial charge on any atom is 0.137 e. The second-order valence-electron chi connectivity index (χ2n) is 2.80. The van der Waals surface area contributed by atoms with E-state index in [9.17, 15) is 8.78 Å². The van der Waals surface area contributed by atoms with Gasteiger partial charge >= 0.3 is 0 Å². The number of nitrogens with two attached hydrogens (primary N) is 1. The van der Waals surface area contributed by atoms with Crippen LogP contribution in [0, 0.1) is 11.6 Å². The second-order valence-corrected chi connectivity index (χ2v) is 3.65. The molecule has 1 aromatic carbocycles. The third-order valence-electron chi connectivity index (χ3n) is 1.87. The Hall–Kier alpha value is -0.650. The quantitative estimate of drug-likeness (QED) is 0.760. The van der Waals surface area contributed by atoms with Crippen LogP contribution in [0.2, 0.25) is 0 Å². The van der Waals surface area contributed by atoms with Gasteiger partial charge < -0.3 is 10.8 Å². The summed E-state index contributed by atoms with van der Waals surface area (Å²) in [4.78, 5) is 0.233.